The van der Waals surface area contributed by atoms with Crippen molar-refractivity contribution in [2.45, 2.75) is 37.6 Å². The lowest BCUT2D eigenvalue weighted by atomic mass is 9.89. The van der Waals surface area contributed by atoms with E-state index in [-0.39, 0.29) is 17.2 Å². The second kappa shape index (κ2) is 4.75. The quantitative estimate of drug-likeness (QED) is 0.903. The summed E-state index contributed by atoms with van der Waals surface area (Å²) in [6.07, 6.45) is 3.53. The summed E-state index contributed by atoms with van der Waals surface area (Å²) in [5, 5.41) is 0.0300. The number of carbonyl (C=O) groups is 1. The van der Waals surface area contributed by atoms with Crippen molar-refractivity contribution in [1.82, 2.24) is 0 Å². The first kappa shape index (κ1) is 12.5. The van der Waals surface area contributed by atoms with Crippen LogP contribution in [0.5, 0.6) is 0 Å². The number of carbonyl (C=O) groups excluding carboxylic acids is 1. The van der Waals surface area contributed by atoms with E-state index in [1.807, 2.05) is 0 Å². The fourth-order valence-electron chi connectivity index (χ4n) is 2.32. The van der Waals surface area contributed by atoms with E-state index in [0.717, 1.165) is 25.7 Å². The molecule has 1 aliphatic rings. The van der Waals surface area contributed by atoms with Gasteiger partial charge in [0.25, 0.3) is 0 Å². The summed E-state index contributed by atoms with van der Waals surface area (Å²) in [6, 6.07) is 4.51. The Morgan fingerprint density at radius 2 is 2.06 bits per heavy atom. The molecule has 0 atom stereocenters. The van der Waals surface area contributed by atoms with Crippen LogP contribution >= 0.6 is 11.6 Å². The summed E-state index contributed by atoms with van der Waals surface area (Å²) in [7, 11) is 0. The lowest BCUT2D eigenvalue weighted by molar-refractivity contribution is -0.123. The zero-order valence-corrected chi connectivity index (χ0v) is 10.3. The first-order chi connectivity index (χ1) is 8.03. The standard InChI is InChI=1S/C13H15ClFNO/c14-12-9(4-3-5-10(12)15)8-11(17)13(16)6-1-2-7-13/h3-5H,1-2,6-8,16H2. The molecule has 0 heterocycles. The van der Waals surface area contributed by atoms with Crippen molar-refractivity contribution < 1.29 is 9.18 Å². The highest BCUT2D eigenvalue weighted by molar-refractivity contribution is 6.31. The maximum atomic E-state index is 13.2. The molecule has 17 heavy (non-hydrogen) atoms. The van der Waals surface area contributed by atoms with Crippen molar-refractivity contribution >= 4 is 17.4 Å². The van der Waals surface area contributed by atoms with E-state index in [2.05, 4.69) is 0 Å². The normalized spacial score (nSPS) is 18.3. The number of rotatable bonds is 3. The Labute approximate surface area is 105 Å². The van der Waals surface area contributed by atoms with E-state index in [1.165, 1.54) is 6.07 Å². The van der Waals surface area contributed by atoms with E-state index >= 15 is 0 Å². The van der Waals surface area contributed by atoms with Gasteiger partial charge in [0.2, 0.25) is 0 Å². The topological polar surface area (TPSA) is 43.1 Å². The molecule has 1 aliphatic carbocycles. The molecule has 1 saturated carbocycles. The molecule has 92 valence electrons. The average molecular weight is 256 g/mol. The van der Waals surface area contributed by atoms with Gasteiger partial charge < -0.3 is 5.73 Å². The van der Waals surface area contributed by atoms with Gasteiger partial charge in [-0.3, -0.25) is 4.79 Å². The summed E-state index contributed by atoms with van der Waals surface area (Å²) in [6.45, 7) is 0. The molecule has 0 unspecified atom stereocenters. The van der Waals surface area contributed by atoms with Gasteiger partial charge in [-0.05, 0) is 24.5 Å². The van der Waals surface area contributed by atoms with Gasteiger partial charge >= 0.3 is 0 Å². The molecule has 2 N–H and O–H groups in total. The predicted octanol–water partition coefficient (Wildman–Crippen LogP) is 2.86. The van der Waals surface area contributed by atoms with Crippen LogP contribution in [0.4, 0.5) is 4.39 Å². The van der Waals surface area contributed by atoms with Crippen LogP contribution in [0.15, 0.2) is 18.2 Å². The Hall–Kier alpha value is -0.930. The fourth-order valence-corrected chi connectivity index (χ4v) is 2.51. The molecule has 1 aromatic rings. The van der Waals surface area contributed by atoms with E-state index < -0.39 is 11.4 Å². The summed E-state index contributed by atoms with van der Waals surface area (Å²) in [5.41, 5.74) is 5.85. The minimum Gasteiger partial charge on any atom is -0.319 e. The number of hydrogen-bond donors (Lipinski definition) is 1. The van der Waals surface area contributed by atoms with Crippen LogP contribution in [0.3, 0.4) is 0 Å². The number of benzene rings is 1. The van der Waals surface area contributed by atoms with Crippen LogP contribution in [-0.2, 0) is 11.2 Å². The SMILES string of the molecule is NC1(C(=O)Cc2cccc(F)c2Cl)CCCC1. The van der Waals surface area contributed by atoms with Crippen molar-refractivity contribution in [2.75, 3.05) is 0 Å². The van der Waals surface area contributed by atoms with Crippen LogP contribution in [0.2, 0.25) is 5.02 Å². The van der Waals surface area contributed by atoms with Gasteiger partial charge in [-0.2, -0.15) is 0 Å². The molecule has 1 aromatic carbocycles. The minimum absolute atomic E-state index is 0.0300. The molecule has 0 aromatic heterocycles. The first-order valence-corrected chi connectivity index (χ1v) is 6.16. The molecule has 2 nitrogen and oxygen atoms in total. The summed E-state index contributed by atoms with van der Waals surface area (Å²) in [5.74, 6) is -0.531. The van der Waals surface area contributed by atoms with Gasteiger partial charge in [0.05, 0.1) is 10.6 Å². The molecule has 4 heteroatoms. The molecule has 0 bridgehead atoms. The Balaban J connectivity index is 2.16. The Morgan fingerprint density at radius 1 is 1.41 bits per heavy atom. The average Bonchev–Trinajstić information content (AvgIpc) is 2.73. The zero-order chi connectivity index (χ0) is 12.5. The van der Waals surface area contributed by atoms with Crippen molar-refractivity contribution in [1.29, 1.82) is 0 Å². The number of hydrogen-bond acceptors (Lipinski definition) is 2. The summed E-state index contributed by atoms with van der Waals surface area (Å²) in [4.78, 5) is 12.1. The van der Waals surface area contributed by atoms with Crippen LogP contribution in [0.1, 0.15) is 31.2 Å². The van der Waals surface area contributed by atoms with Gasteiger partial charge in [-0.15, -0.1) is 0 Å². The second-order valence-corrected chi connectivity index (χ2v) is 5.05. The summed E-state index contributed by atoms with van der Waals surface area (Å²) < 4.78 is 13.2. The van der Waals surface area contributed by atoms with Crippen LogP contribution < -0.4 is 5.73 Å². The van der Waals surface area contributed by atoms with Crippen LogP contribution in [0, 0.1) is 5.82 Å². The van der Waals surface area contributed by atoms with Gasteiger partial charge in [-0.1, -0.05) is 36.6 Å². The van der Waals surface area contributed by atoms with E-state index in [9.17, 15) is 9.18 Å². The smallest absolute Gasteiger partial charge is 0.157 e. The van der Waals surface area contributed by atoms with Crippen molar-refractivity contribution in [3.05, 3.63) is 34.6 Å². The third kappa shape index (κ3) is 2.50. The summed E-state index contributed by atoms with van der Waals surface area (Å²) >= 11 is 5.82. The monoisotopic (exact) mass is 255 g/mol. The predicted molar refractivity (Wildman–Crippen MR) is 65.5 cm³/mol. The maximum absolute atomic E-state index is 13.2. The molecule has 2 rings (SSSR count). The van der Waals surface area contributed by atoms with E-state index in [0.29, 0.717) is 5.56 Å². The van der Waals surface area contributed by atoms with Gasteiger partial charge in [0.15, 0.2) is 5.78 Å². The number of Topliss-reactive ketones (excluding diaryl/α,β-unsaturated/α-hetero) is 1. The minimum atomic E-state index is -0.727. The van der Waals surface area contributed by atoms with Crippen molar-refractivity contribution in [2.24, 2.45) is 5.73 Å². The lowest BCUT2D eigenvalue weighted by Crippen LogP contribution is -2.46. The molecule has 0 saturated heterocycles. The zero-order valence-electron chi connectivity index (χ0n) is 9.51. The third-order valence-corrected chi connectivity index (χ3v) is 3.86. The van der Waals surface area contributed by atoms with Gasteiger partial charge in [-0.25, -0.2) is 4.39 Å². The van der Waals surface area contributed by atoms with Gasteiger partial charge in [0.1, 0.15) is 5.82 Å². The number of ketones is 1. The molecular weight excluding hydrogens is 241 g/mol. The Morgan fingerprint density at radius 3 is 2.71 bits per heavy atom. The molecule has 0 amide bonds. The highest BCUT2D eigenvalue weighted by Gasteiger charge is 2.36. The number of nitrogens with two attached hydrogens (primary N) is 1. The molecule has 1 fully saturated rings. The van der Waals surface area contributed by atoms with Crippen LogP contribution in [-0.4, -0.2) is 11.3 Å². The highest BCUT2D eigenvalue weighted by Crippen LogP contribution is 2.30. The van der Waals surface area contributed by atoms with E-state index in [1.54, 1.807) is 12.1 Å². The Bertz CT molecular complexity index is 441. The molecule has 0 aliphatic heterocycles. The third-order valence-electron chi connectivity index (χ3n) is 3.43. The fraction of sp³-hybridized carbons (Fsp3) is 0.462. The number of halogens is 2. The Kier molecular flexibility index (Phi) is 3.50. The lowest BCUT2D eigenvalue weighted by Gasteiger charge is -2.21. The van der Waals surface area contributed by atoms with E-state index in [4.69, 9.17) is 17.3 Å². The largest absolute Gasteiger partial charge is 0.319 e. The molecule has 0 radical (unpaired) electrons. The van der Waals surface area contributed by atoms with Crippen molar-refractivity contribution in [3.8, 4) is 0 Å². The second-order valence-electron chi connectivity index (χ2n) is 4.68. The molecular formula is C13H15ClFNO. The highest BCUT2D eigenvalue weighted by atomic mass is 35.5. The first-order valence-electron chi connectivity index (χ1n) is 5.78. The van der Waals surface area contributed by atoms with Crippen LogP contribution in [0.25, 0.3) is 0 Å². The maximum Gasteiger partial charge on any atom is 0.157 e. The van der Waals surface area contributed by atoms with Gasteiger partial charge in [0, 0.05) is 6.42 Å². The molecule has 0 spiro atoms. The van der Waals surface area contributed by atoms with Crippen molar-refractivity contribution in [3.63, 3.8) is 0 Å².